The van der Waals surface area contributed by atoms with Crippen molar-refractivity contribution < 1.29 is 9.53 Å². The SMILES string of the molecule is Cc1ccc(NC(=O)[C@@H](NCc2ccccc2CN2CCOCC2)c2ccccc2)cc1. The predicted molar refractivity (Wildman–Crippen MR) is 128 cm³/mol. The van der Waals surface area contributed by atoms with Gasteiger partial charge in [-0.2, -0.15) is 0 Å². The Morgan fingerprint density at radius 3 is 2.28 bits per heavy atom. The van der Waals surface area contributed by atoms with Gasteiger partial charge in [-0.05, 0) is 35.7 Å². The van der Waals surface area contributed by atoms with Crippen molar-refractivity contribution in [3.05, 3.63) is 101 Å². The fourth-order valence-electron chi connectivity index (χ4n) is 3.96. The van der Waals surface area contributed by atoms with Crippen LogP contribution < -0.4 is 10.6 Å². The minimum atomic E-state index is -0.450. The normalized spacial score (nSPS) is 15.3. The van der Waals surface area contributed by atoms with Gasteiger partial charge in [-0.15, -0.1) is 0 Å². The zero-order valence-electron chi connectivity index (χ0n) is 18.6. The van der Waals surface area contributed by atoms with E-state index >= 15 is 0 Å². The molecule has 3 aromatic rings. The summed E-state index contributed by atoms with van der Waals surface area (Å²) in [6.45, 7) is 7.02. The zero-order chi connectivity index (χ0) is 22.2. The van der Waals surface area contributed by atoms with E-state index < -0.39 is 6.04 Å². The zero-order valence-corrected chi connectivity index (χ0v) is 18.6. The highest BCUT2D eigenvalue weighted by Gasteiger charge is 2.21. The van der Waals surface area contributed by atoms with Crippen molar-refractivity contribution in [1.82, 2.24) is 10.2 Å². The molecule has 5 nitrogen and oxygen atoms in total. The van der Waals surface area contributed by atoms with Crippen LogP contribution in [0.4, 0.5) is 5.69 Å². The monoisotopic (exact) mass is 429 g/mol. The lowest BCUT2D eigenvalue weighted by molar-refractivity contribution is -0.118. The van der Waals surface area contributed by atoms with Crippen molar-refractivity contribution in [2.45, 2.75) is 26.1 Å². The van der Waals surface area contributed by atoms with Gasteiger partial charge in [0.15, 0.2) is 0 Å². The third-order valence-electron chi connectivity index (χ3n) is 5.83. The summed E-state index contributed by atoms with van der Waals surface area (Å²) < 4.78 is 5.48. The first kappa shape index (κ1) is 22.2. The van der Waals surface area contributed by atoms with Crippen LogP contribution in [0.2, 0.25) is 0 Å². The molecule has 0 saturated carbocycles. The summed E-state index contributed by atoms with van der Waals surface area (Å²) in [5, 5.41) is 6.57. The Morgan fingerprint density at radius 1 is 0.906 bits per heavy atom. The third-order valence-corrected chi connectivity index (χ3v) is 5.83. The van der Waals surface area contributed by atoms with E-state index in [1.807, 2.05) is 61.5 Å². The quantitative estimate of drug-likeness (QED) is 0.561. The van der Waals surface area contributed by atoms with Gasteiger partial charge in [-0.1, -0.05) is 72.3 Å². The van der Waals surface area contributed by atoms with Gasteiger partial charge >= 0.3 is 0 Å². The minimum absolute atomic E-state index is 0.0642. The number of carbonyl (C=O) groups is 1. The predicted octanol–water partition coefficient (Wildman–Crippen LogP) is 4.30. The summed E-state index contributed by atoms with van der Waals surface area (Å²) in [4.78, 5) is 15.6. The van der Waals surface area contributed by atoms with Crippen LogP contribution in [0.5, 0.6) is 0 Å². The van der Waals surface area contributed by atoms with Gasteiger partial charge in [0.05, 0.1) is 13.2 Å². The topological polar surface area (TPSA) is 53.6 Å². The molecule has 0 aromatic heterocycles. The molecule has 0 spiro atoms. The van der Waals surface area contributed by atoms with E-state index in [1.54, 1.807) is 0 Å². The van der Waals surface area contributed by atoms with Crippen LogP contribution in [0.1, 0.15) is 28.3 Å². The Hall–Kier alpha value is -2.99. The van der Waals surface area contributed by atoms with Gasteiger partial charge in [0.1, 0.15) is 6.04 Å². The average molecular weight is 430 g/mol. The molecule has 1 heterocycles. The molecule has 3 aromatic carbocycles. The molecule has 1 aliphatic rings. The first-order valence-corrected chi connectivity index (χ1v) is 11.2. The first-order valence-electron chi connectivity index (χ1n) is 11.2. The second-order valence-corrected chi connectivity index (χ2v) is 8.24. The lowest BCUT2D eigenvalue weighted by Gasteiger charge is -2.27. The molecule has 166 valence electrons. The maximum absolute atomic E-state index is 13.2. The van der Waals surface area contributed by atoms with Crippen molar-refractivity contribution in [2.75, 3.05) is 31.6 Å². The Balaban J connectivity index is 1.48. The molecule has 1 aliphatic heterocycles. The Morgan fingerprint density at radius 2 is 1.56 bits per heavy atom. The molecule has 1 fully saturated rings. The second kappa shape index (κ2) is 11.0. The van der Waals surface area contributed by atoms with Crippen LogP contribution in [0.3, 0.4) is 0 Å². The lowest BCUT2D eigenvalue weighted by Crippen LogP contribution is -2.36. The number of benzene rings is 3. The number of nitrogens with one attached hydrogen (secondary N) is 2. The molecule has 2 N–H and O–H groups in total. The van der Waals surface area contributed by atoms with E-state index in [4.69, 9.17) is 4.74 Å². The number of anilines is 1. The summed E-state index contributed by atoms with van der Waals surface area (Å²) in [6.07, 6.45) is 0. The number of aryl methyl sites for hydroxylation is 1. The number of morpholine rings is 1. The molecule has 5 heteroatoms. The van der Waals surface area contributed by atoms with Gasteiger partial charge in [0.25, 0.3) is 0 Å². The highest BCUT2D eigenvalue weighted by molar-refractivity contribution is 5.95. The lowest BCUT2D eigenvalue weighted by atomic mass is 10.0. The van der Waals surface area contributed by atoms with Gasteiger partial charge in [-0.25, -0.2) is 0 Å². The van der Waals surface area contributed by atoms with Crippen LogP contribution in [-0.4, -0.2) is 37.1 Å². The van der Waals surface area contributed by atoms with Gasteiger partial charge < -0.3 is 10.1 Å². The number of carbonyl (C=O) groups excluding carboxylic acids is 1. The van der Waals surface area contributed by atoms with Crippen molar-refractivity contribution in [1.29, 1.82) is 0 Å². The standard InChI is InChI=1S/C27H31N3O2/c1-21-11-13-25(14-12-21)29-27(31)26(22-7-3-2-4-8-22)28-19-23-9-5-6-10-24(23)20-30-15-17-32-18-16-30/h2-14,26,28H,15-20H2,1H3,(H,29,31)/t26-/m0/s1. The Bertz CT molecular complexity index is 999. The van der Waals surface area contributed by atoms with E-state index in [9.17, 15) is 4.79 Å². The largest absolute Gasteiger partial charge is 0.379 e. The smallest absolute Gasteiger partial charge is 0.246 e. The summed E-state index contributed by atoms with van der Waals surface area (Å²) in [5.74, 6) is -0.0642. The fourth-order valence-corrected chi connectivity index (χ4v) is 3.96. The van der Waals surface area contributed by atoms with Gasteiger partial charge in [-0.3, -0.25) is 15.0 Å². The highest BCUT2D eigenvalue weighted by Crippen LogP contribution is 2.19. The molecule has 1 amide bonds. The summed E-state index contributed by atoms with van der Waals surface area (Å²) in [7, 11) is 0. The van der Waals surface area contributed by atoms with Crippen molar-refractivity contribution in [3.8, 4) is 0 Å². The molecule has 32 heavy (non-hydrogen) atoms. The molecule has 0 unspecified atom stereocenters. The summed E-state index contributed by atoms with van der Waals surface area (Å²) in [6, 6.07) is 25.8. The van der Waals surface area contributed by atoms with Crippen LogP contribution >= 0.6 is 0 Å². The minimum Gasteiger partial charge on any atom is -0.379 e. The molecule has 4 rings (SSSR count). The maximum atomic E-state index is 13.2. The van der Waals surface area contributed by atoms with Crippen LogP contribution in [0.25, 0.3) is 0 Å². The molecule has 1 saturated heterocycles. The average Bonchev–Trinajstić information content (AvgIpc) is 2.83. The number of hydrogen-bond acceptors (Lipinski definition) is 4. The van der Waals surface area contributed by atoms with Crippen LogP contribution in [0.15, 0.2) is 78.9 Å². The number of ether oxygens (including phenoxy) is 1. The van der Waals surface area contributed by atoms with E-state index in [2.05, 4.69) is 39.8 Å². The number of amides is 1. The Kier molecular flexibility index (Phi) is 7.67. The Labute approximate surface area is 190 Å². The third kappa shape index (κ3) is 6.04. The molecular weight excluding hydrogens is 398 g/mol. The van der Waals surface area contributed by atoms with Crippen LogP contribution in [0, 0.1) is 6.92 Å². The fraction of sp³-hybridized carbons (Fsp3) is 0.296. The molecule has 0 radical (unpaired) electrons. The van der Waals surface area contributed by atoms with Gasteiger partial charge in [0.2, 0.25) is 5.91 Å². The molecule has 1 atom stereocenters. The second-order valence-electron chi connectivity index (χ2n) is 8.24. The molecule has 0 bridgehead atoms. The van der Waals surface area contributed by atoms with Crippen LogP contribution in [-0.2, 0) is 22.6 Å². The maximum Gasteiger partial charge on any atom is 0.246 e. The van der Waals surface area contributed by atoms with E-state index in [0.717, 1.165) is 49.7 Å². The van der Waals surface area contributed by atoms with Crippen molar-refractivity contribution >= 4 is 11.6 Å². The van der Waals surface area contributed by atoms with Crippen molar-refractivity contribution in [3.63, 3.8) is 0 Å². The first-order chi connectivity index (χ1) is 15.7. The van der Waals surface area contributed by atoms with Gasteiger partial charge in [0, 0.05) is 31.9 Å². The summed E-state index contributed by atoms with van der Waals surface area (Å²) >= 11 is 0. The number of nitrogens with zero attached hydrogens (tertiary/aromatic N) is 1. The number of hydrogen-bond donors (Lipinski definition) is 2. The van der Waals surface area contributed by atoms with Crippen molar-refractivity contribution in [2.24, 2.45) is 0 Å². The summed E-state index contributed by atoms with van der Waals surface area (Å²) in [5.41, 5.74) is 5.41. The number of rotatable bonds is 8. The van der Waals surface area contributed by atoms with E-state index in [-0.39, 0.29) is 5.91 Å². The highest BCUT2D eigenvalue weighted by atomic mass is 16.5. The van der Waals surface area contributed by atoms with E-state index in [0.29, 0.717) is 6.54 Å². The molecular formula is C27H31N3O2. The molecule has 0 aliphatic carbocycles. The van der Waals surface area contributed by atoms with E-state index in [1.165, 1.54) is 11.1 Å².